The maximum Gasteiger partial charge on any atom is 0.401 e. The van der Waals surface area contributed by atoms with E-state index in [0.29, 0.717) is 29.8 Å². The van der Waals surface area contributed by atoms with E-state index in [4.69, 9.17) is 15.9 Å². The maximum atomic E-state index is 12.6. The normalized spacial score (nSPS) is 11.7. The lowest BCUT2D eigenvalue weighted by Crippen LogP contribution is -2.34. The quantitative estimate of drug-likeness (QED) is 0.601. The average molecular weight is 303 g/mol. The summed E-state index contributed by atoms with van der Waals surface area (Å²) in [6, 6.07) is 4.82. The molecule has 0 saturated carbocycles. The number of halogens is 3. The molecule has 0 radical (unpaired) electrons. The second-order valence-corrected chi connectivity index (χ2v) is 4.77. The Kier molecular flexibility index (Phi) is 6.02. The minimum atomic E-state index is -4.25. The van der Waals surface area contributed by atoms with E-state index in [2.05, 4.69) is 0 Å². The number of nitrogen functional groups attached to an aromatic ring is 1. The van der Waals surface area contributed by atoms with Gasteiger partial charge < -0.3 is 10.5 Å². The number of benzene rings is 1. The van der Waals surface area contributed by atoms with E-state index in [1.54, 1.807) is 18.2 Å². The largest absolute Gasteiger partial charge is 0.496 e. The number of rotatable bonds is 7. The van der Waals surface area contributed by atoms with Crippen molar-refractivity contribution < 1.29 is 17.9 Å². The number of nitrogens with one attached hydrogen (secondary N) is 1. The Labute approximate surface area is 122 Å². The zero-order chi connectivity index (χ0) is 16.0. The molecule has 0 heterocycles. The molecule has 0 amide bonds. The third kappa shape index (κ3) is 5.63. The van der Waals surface area contributed by atoms with Gasteiger partial charge in [0.1, 0.15) is 11.6 Å². The van der Waals surface area contributed by atoms with Crippen LogP contribution in [0.25, 0.3) is 0 Å². The highest BCUT2D eigenvalue weighted by Gasteiger charge is 2.30. The van der Waals surface area contributed by atoms with Crippen molar-refractivity contribution in [3.63, 3.8) is 0 Å². The summed E-state index contributed by atoms with van der Waals surface area (Å²) in [7, 11) is 1.46. The molecule has 4 nitrogen and oxygen atoms in total. The van der Waals surface area contributed by atoms with Crippen LogP contribution in [0.4, 0.5) is 13.2 Å². The predicted molar refractivity (Wildman–Crippen MR) is 75.6 cm³/mol. The second kappa shape index (κ2) is 7.31. The fourth-order valence-corrected chi connectivity index (χ4v) is 2.09. The Hall–Kier alpha value is -1.76. The van der Waals surface area contributed by atoms with Crippen molar-refractivity contribution in [3.8, 4) is 5.75 Å². The Balaban J connectivity index is 3.00. The Morgan fingerprint density at radius 2 is 2.05 bits per heavy atom. The standard InChI is InChI=1S/C14H20F3N3O/c1-3-6-20(9-14(15,16)17)8-11-7-10(13(18)19)4-5-12(11)21-2/h4-5,7H,3,6,8-9H2,1-2H3,(H3,18,19). The smallest absolute Gasteiger partial charge is 0.401 e. The molecule has 7 heteroatoms. The third-order valence-corrected chi connectivity index (χ3v) is 2.93. The van der Waals surface area contributed by atoms with Crippen LogP contribution >= 0.6 is 0 Å². The summed E-state index contributed by atoms with van der Waals surface area (Å²) >= 11 is 0. The van der Waals surface area contributed by atoms with Gasteiger partial charge in [-0.1, -0.05) is 6.92 Å². The number of ether oxygens (including phenoxy) is 1. The molecule has 0 saturated heterocycles. The van der Waals surface area contributed by atoms with Crippen LogP contribution in [0, 0.1) is 5.41 Å². The van der Waals surface area contributed by atoms with Crippen molar-refractivity contribution >= 4 is 5.84 Å². The molecule has 0 aliphatic heterocycles. The van der Waals surface area contributed by atoms with Crippen molar-refractivity contribution in [2.45, 2.75) is 26.1 Å². The maximum absolute atomic E-state index is 12.6. The van der Waals surface area contributed by atoms with E-state index in [0.717, 1.165) is 0 Å². The van der Waals surface area contributed by atoms with Crippen LogP contribution in [-0.2, 0) is 6.54 Å². The van der Waals surface area contributed by atoms with Gasteiger partial charge >= 0.3 is 6.18 Å². The van der Waals surface area contributed by atoms with E-state index in [-0.39, 0.29) is 12.4 Å². The number of hydrogen-bond donors (Lipinski definition) is 2. The lowest BCUT2D eigenvalue weighted by Gasteiger charge is -2.24. The fourth-order valence-electron chi connectivity index (χ4n) is 2.09. The van der Waals surface area contributed by atoms with Crippen molar-refractivity contribution in [1.29, 1.82) is 5.41 Å². The Morgan fingerprint density at radius 3 is 2.52 bits per heavy atom. The first-order chi connectivity index (χ1) is 9.76. The number of methoxy groups -OCH3 is 1. The SMILES string of the molecule is CCCN(Cc1cc(C(=N)N)ccc1OC)CC(F)(F)F. The Morgan fingerprint density at radius 1 is 1.38 bits per heavy atom. The van der Waals surface area contributed by atoms with Gasteiger partial charge in [-0.15, -0.1) is 0 Å². The fraction of sp³-hybridized carbons (Fsp3) is 0.500. The number of hydrogen-bond acceptors (Lipinski definition) is 3. The van der Waals surface area contributed by atoms with E-state index in [1.807, 2.05) is 6.92 Å². The van der Waals surface area contributed by atoms with Gasteiger partial charge in [-0.3, -0.25) is 10.3 Å². The van der Waals surface area contributed by atoms with Gasteiger partial charge in [-0.05, 0) is 31.2 Å². The van der Waals surface area contributed by atoms with Gasteiger partial charge in [0, 0.05) is 17.7 Å². The molecule has 0 aliphatic rings. The number of amidine groups is 1. The van der Waals surface area contributed by atoms with Gasteiger partial charge in [-0.2, -0.15) is 13.2 Å². The van der Waals surface area contributed by atoms with Crippen molar-refractivity contribution in [2.24, 2.45) is 5.73 Å². The summed E-state index contributed by atoms with van der Waals surface area (Å²) in [5.41, 5.74) is 6.47. The zero-order valence-electron chi connectivity index (χ0n) is 12.1. The van der Waals surface area contributed by atoms with Crippen LogP contribution in [0.3, 0.4) is 0 Å². The first-order valence-corrected chi connectivity index (χ1v) is 6.57. The van der Waals surface area contributed by atoms with Crippen LogP contribution in [0.1, 0.15) is 24.5 Å². The summed E-state index contributed by atoms with van der Waals surface area (Å²) in [5.74, 6) is 0.361. The van der Waals surface area contributed by atoms with Crippen LogP contribution in [0.2, 0.25) is 0 Å². The lowest BCUT2D eigenvalue weighted by atomic mass is 10.1. The number of nitrogens with zero attached hydrogens (tertiary/aromatic N) is 1. The minimum absolute atomic E-state index is 0.0949. The molecule has 3 N–H and O–H groups in total. The first-order valence-electron chi connectivity index (χ1n) is 6.57. The van der Waals surface area contributed by atoms with Gasteiger partial charge in [0.25, 0.3) is 0 Å². The molecule has 1 rings (SSSR count). The van der Waals surface area contributed by atoms with E-state index in [1.165, 1.54) is 12.0 Å². The minimum Gasteiger partial charge on any atom is -0.496 e. The summed E-state index contributed by atoms with van der Waals surface area (Å²) in [5, 5.41) is 7.41. The molecule has 1 aromatic carbocycles. The summed E-state index contributed by atoms with van der Waals surface area (Å²) < 4.78 is 43.0. The Bertz CT molecular complexity index is 489. The molecule has 0 fully saturated rings. The highest BCUT2D eigenvalue weighted by atomic mass is 19.4. The van der Waals surface area contributed by atoms with Crippen molar-refractivity contribution in [1.82, 2.24) is 4.90 Å². The van der Waals surface area contributed by atoms with Gasteiger partial charge in [0.15, 0.2) is 0 Å². The topological polar surface area (TPSA) is 62.3 Å². The van der Waals surface area contributed by atoms with Crippen LogP contribution in [0.5, 0.6) is 5.75 Å². The van der Waals surface area contributed by atoms with E-state index < -0.39 is 12.7 Å². The number of alkyl halides is 3. The molecule has 0 unspecified atom stereocenters. The van der Waals surface area contributed by atoms with Gasteiger partial charge in [0.2, 0.25) is 0 Å². The zero-order valence-corrected chi connectivity index (χ0v) is 12.1. The number of nitrogens with two attached hydrogens (primary N) is 1. The highest BCUT2D eigenvalue weighted by Crippen LogP contribution is 2.24. The molecule has 0 bridgehead atoms. The third-order valence-electron chi connectivity index (χ3n) is 2.93. The second-order valence-electron chi connectivity index (χ2n) is 4.77. The molecular weight excluding hydrogens is 283 g/mol. The summed E-state index contributed by atoms with van der Waals surface area (Å²) in [4.78, 5) is 1.31. The van der Waals surface area contributed by atoms with E-state index in [9.17, 15) is 13.2 Å². The molecule has 21 heavy (non-hydrogen) atoms. The van der Waals surface area contributed by atoms with Crippen LogP contribution in [0.15, 0.2) is 18.2 Å². The molecular formula is C14H20F3N3O. The highest BCUT2D eigenvalue weighted by molar-refractivity contribution is 5.95. The van der Waals surface area contributed by atoms with Crippen LogP contribution < -0.4 is 10.5 Å². The van der Waals surface area contributed by atoms with Gasteiger partial charge in [-0.25, -0.2) is 0 Å². The molecule has 0 aliphatic carbocycles. The van der Waals surface area contributed by atoms with Crippen LogP contribution in [-0.4, -0.2) is 37.1 Å². The lowest BCUT2D eigenvalue weighted by molar-refractivity contribution is -0.147. The monoisotopic (exact) mass is 303 g/mol. The summed E-state index contributed by atoms with van der Waals surface area (Å²) in [6.07, 6.45) is -3.63. The molecule has 118 valence electrons. The van der Waals surface area contributed by atoms with Crippen molar-refractivity contribution in [2.75, 3.05) is 20.2 Å². The molecule has 0 spiro atoms. The molecule has 0 atom stereocenters. The average Bonchev–Trinajstić information content (AvgIpc) is 2.36. The first kappa shape index (κ1) is 17.3. The molecule has 0 aromatic heterocycles. The molecule has 1 aromatic rings. The summed E-state index contributed by atoms with van der Waals surface area (Å²) in [6.45, 7) is 1.27. The van der Waals surface area contributed by atoms with Gasteiger partial charge in [0.05, 0.1) is 13.7 Å². The van der Waals surface area contributed by atoms with E-state index >= 15 is 0 Å². The predicted octanol–water partition coefficient (Wildman–Crippen LogP) is 2.75. The van der Waals surface area contributed by atoms with Crippen molar-refractivity contribution in [3.05, 3.63) is 29.3 Å².